The van der Waals surface area contributed by atoms with E-state index in [2.05, 4.69) is 24.2 Å². The van der Waals surface area contributed by atoms with Gasteiger partial charge in [0.05, 0.1) is 0 Å². The van der Waals surface area contributed by atoms with E-state index in [1.807, 2.05) is 13.1 Å². The van der Waals surface area contributed by atoms with E-state index >= 15 is 0 Å². The number of benzene rings is 1. The second kappa shape index (κ2) is 7.07. The first-order valence-electron chi connectivity index (χ1n) is 7.81. The van der Waals surface area contributed by atoms with Crippen LogP contribution >= 0.6 is 0 Å². The van der Waals surface area contributed by atoms with Crippen LogP contribution in [0.15, 0.2) is 18.2 Å². The smallest absolute Gasteiger partial charge is 0.123 e. The van der Waals surface area contributed by atoms with Crippen LogP contribution < -0.4 is 10.2 Å². The van der Waals surface area contributed by atoms with Crippen molar-refractivity contribution in [3.05, 3.63) is 29.6 Å². The maximum atomic E-state index is 13.4. The van der Waals surface area contributed by atoms with E-state index in [1.54, 1.807) is 12.1 Å². The van der Waals surface area contributed by atoms with Crippen LogP contribution in [0.5, 0.6) is 0 Å². The van der Waals surface area contributed by atoms with Gasteiger partial charge in [-0.2, -0.15) is 0 Å². The van der Waals surface area contributed by atoms with Gasteiger partial charge < -0.3 is 10.2 Å². The molecule has 0 amide bonds. The molecule has 0 heterocycles. The fraction of sp³-hybridized carbons (Fsp3) is 0.647. The highest BCUT2D eigenvalue weighted by Gasteiger charge is 2.24. The summed E-state index contributed by atoms with van der Waals surface area (Å²) in [6, 6.07) is 5.75. The summed E-state index contributed by atoms with van der Waals surface area (Å²) in [6.45, 7) is 3.00. The van der Waals surface area contributed by atoms with E-state index in [9.17, 15) is 4.39 Å². The molecule has 112 valence electrons. The van der Waals surface area contributed by atoms with Gasteiger partial charge in [-0.05, 0) is 62.4 Å². The normalized spacial score (nSPS) is 22.8. The summed E-state index contributed by atoms with van der Waals surface area (Å²) in [5.41, 5.74) is 2.22. The number of hydrogen-bond donors (Lipinski definition) is 1. The lowest BCUT2D eigenvalue weighted by Crippen LogP contribution is -2.36. The zero-order valence-electron chi connectivity index (χ0n) is 13.0. The first-order chi connectivity index (χ1) is 9.65. The van der Waals surface area contributed by atoms with Crippen LogP contribution in [-0.4, -0.2) is 20.1 Å². The quantitative estimate of drug-likeness (QED) is 0.877. The summed E-state index contributed by atoms with van der Waals surface area (Å²) in [5, 5.41) is 3.13. The minimum atomic E-state index is -0.151. The maximum Gasteiger partial charge on any atom is 0.123 e. The lowest BCUT2D eigenvalue weighted by Gasteiger charge is -2.36. The molecule has 0 spiro atoms. The largest absolute Gasteiger partial charge is 0.371 e. The van der Waals surface area contributed by atoms with Gasteiger partial charge in [0.25, 0.3) is 0 Å². The van der Waals surface area contributed by atoms with Gasteiger partial charge in [-0.15, -0.1) is 0 Å². The minimum absolute atomic E-state index is 0.151. The molecule has 0 atom stereocenters. The predicted molar refractivity (Wildman–Crippen MR) is 83.6 cm³/mol. The Labute approximate surface area is 122 Å². The topological polar surface area (TPSA) is 15.3 Å². The molecule has 0 aliphatic heterocycles. The van der Waals surface area contributed by atoms with Gasteiger partial charge in [-0.1, -0.05) is 13.3 Å². The van der Waals surface area contributed by atoms with Crippen molar-refractivity contribution in [1.82, 2.24) is 5.32 Å². The van der Waals surface area contributed by atoms with Crippen molar-refractivity contribution in [1.29, 1.82) is 0 Å². The van der Waals surface area contributed by atoms with Crippen LogP contribution in [-0.2, 0) is 6.54 Å². The molecule has 2 rings (SSSR count). The highest BCUT2D eigenvalue weighted by atomic mass is 19.1. The van der Waals surface area contributed by atoms with E-state index in [0.29, 0.717) is 12.6 Å². The van der Waals surface area contributed by atoms with E-state index < -0.39 is 0 Å². The predicted octanol–water partition coefficient (Wildman–Crippen LogP) is 3.95. The molecule has 0 saturated heterocycles. The summed E-state index contributed by atoms with van der Waals surface area (Å²) in [7, 11) is 4.06. The average molecular weight is 278 g/mol. The Hall–Kier alpha value is -1.09. The van der Waals surface area contributed by atoms with E-state index in [4.69, 9.17) is 0 Å². The van der Waals surface area contributed by atoms with Crippen molar-refractivity contribution in [2.75, 3.05) is 19.0 Å². The third-order valence-electron chi connectivity index (χ3n) is 4.73. The fourth-order valence-electron chi connectivity index (χ4n) is 3.37. The average Bonchev–Trinajstić information content (AvgIpc) is 2.47. The third kappa shape index (κ3) is 3.51. The Morgan fingerprint density at radius 1 is 1.25 bits per heavy atom. The fourth-order valence-corrected chi connectivity index (χ4v) is 3.37. The summed E-state index contributed by atoms with van der Waals surface area (Å²) < 4.78 is 13.4. The third-order valence-corrected chi connectivity index (χ3v) is 4.73. The van der Waals surface area contributed by atoms with Gasteiger partial charge in [0.15, 0.2) is 0 Å². The molecule has 1 aliphatic rings. The molecule has 2 nitrogen and oxygen atoms in total. The Balaban J connectivity index is 2.10. The van der Waals surface area contributed by atoms with Gasteiger partial charge in [0.2, 0.25) is 0 Å². The van der Waals surface area contributed by atoms with Crippen molar-refractivity contribution < 1.29 is 4.39 Å². The maximum absolute atomic E-state index is 13.4. The number of nitrogens with one attached hydrogen (secondary N) is 1. The Morgan fingerprint density at radius 3 is 2.55 bits per heavy atom. The van der Waals surface area contributed by atoms with Gasteiger partial charge >= 0.3 is 0 Å². The minimum Gasteiger partial charge on any atom is -0.371 e. The van der Waals surface area contributed by atoms with Crippen molar-refractivity contribution in [2.45, 2.75) is 51.6 Å². The molecular weight excluding hydrogens is 251 g/mol. The number of halogens is 1. The molecule has 0 bridgehead atoms. The zero-order valence-corrected chi connectivity index (χ0v) is 13.0. The molecule has 0 aromatic heterocycles. The Kier molecular flexibility index (Phi) is 5.41. The molecule has 0 unspecified atom stereocenters. The highest BCUT2D eigenvalue weighted by Crippen LogP contribution is 2.32. The summed E-state index contributed by atoms with van der Waals surface area (Å²) in [4.78, 5) is 2.36. The van der Waals surface area contributed by atoms with E-state index in [-0.39, 0.29) is 5.82 Å². The molecule has 0 radical (unpaired) electrons. The van der Waals surface area contributed by atoms with Crippen molar-refractivity contribution in [3.8, 4) is 0 Å². The summed E-state index contributed by atoms with van der Waals surface area (Å²) in [6.07, 6.45) is 6.47. The highest BCUT2D eigenvalue weighted by molar-refractivity contribution is 5.54. The Bertz CT molecular complexity index is 425. The van der Waals surface area contributed by atoms with Crippen LogP contribution in [0.4, 0.5) is 10.1 Å². The Morgan fingerprint density at radius 2 is 1.95 bits per heavy atom. The van der Waals surface area contributed by atoms with Crippen molar-refractivity contribution in [2.24, 2.45) is 5.92 Å². The lowest BCUT2D eigenvalue weighted by atomic mass is 9.84. The summed E-state index contributed by atoms with van der Waals surface area (Å²) >= 11 is 0. The van der Waals surface area contributed by atoms with Crippen LogP contribution in [0.3, 0.4) is 0 Å². The monoisotopic (exact) mass is 278 g/mol. The molecule has 1 saturated carbocycles. The first kappa shape index (κ1) is 15.3. The molecule has 3 heteroatoms. The zero-order chi connectivity index (χ0) is 14.5. The van der Waals surface area contributed by atoms with Gasteiger partial charge in [0.1, 0.15) is 5.82 Å². The molecule has 1 aromatic rings. The van der Waals surface area contributed by atoms with Crippen LogP contribution in [0.2, 0.25) is 0 Å². The van der Waals surface area contributed by atoms with Crippen molar-refractivity contribution in [3.63, 3.8) is 0 Å². The number of rotatable bonds is 5. The molecule has 1 N–H and O–H groups in total. The SMILES string of the molecule is CCC1CCC(N(C)c2ccc(F)cc2CNC)CC1. The molecule has 20 heavy (non-hydrogen) atoms. The van der Waals surface area contributed by atoms with Crippen LogP contribution in [0, 0.1) is 11.7 Å². The van der Waals surface area contributed by atoms with Gasteiger partial charge in [0, 0.05) is 25.3 Å². The summed E-state index contributed by atoms with van der Waals surface area (Å²) in [5.74, 6) is 0.756. The standard InChI is InChI=1S/C17H27FN2/c1-4-13-5-8-16(9-6-13)20(3)17-10-7-15(18)11-14(17)12-19-2/h7,10-11,13,16,19H,4-6,8-9,12H2,1-3H3. The first-order valence-corrected chi connectivity index (χ1v) is 7.81. The number of anilines is 1. The molecule has 1 fully saturated rings. The molecule has 1 aliphatic carbocycles. The number of nitrogens with zero attached hydrogens (tertiary/aromatic N) is 1. The van der Waals surface area contributed by atoms with E-state index in [0.717, 1.165) is 11.5 Å². The number of hydrogen-bond acceptors (Lipinski definition) is 2. The second-order valence-corrected chi connectivity index (χ2v) is 6.00. The van der Waals surface area contributed by atoms with E-state index in [1.165, 1.54) is 37.8 Å². The second-order valence-electron chi connectivity index (χ2n) is 6.00. The van der Waals surface area contributed by atoms with Crippen LogP contribution in [0.1, 0.15) is 44.6 Å². The van der Waals surface area contributed by atoms with Crippen molar-refractivity contribution >= 4 is 5.69 Å². The molecular formula is C17H27FN2. The lowest BCUT2D eigenvalue weighted by molar-refractivity contribution is 0.313. The van der Waals surface area contributed by atoms with Gasteiger partial charge in [-0.3, -0.25) is 0 Å². The van der Waals surface area contributed by atoms with Gasteiger partial charge in [-0.25, -0.2) is 4.39 Å². The van der Waals surface area contributed by atoms with Crippen LogP contribution in [0.25, 0.3) is 0 Å². The molecule has 1 aromatic carbocycles.